The van der Waals surface area contributed by atoms with E-state index in [0.29, 0.717) is 12.3 Å². The highest BCUT2D eigenvalue weighted by Crippen LogP contribution is 2.38. The topological polar surface area (TPSA) is 24.1 Å². The minimum atomic E-state index is 0.446. The normalized spacial score (nSPS) is 33.2. The van der Waals surface area contributed by atoms with Crippen LogP contribution in [0.2, 0.25) is 0 Å². The minimum Gasteiger partial charge on any atom is -0.279 e. The lowest BCUT2D eigenvalue weighted by Crippen LogP contribution is -2.47. The number of benzene rings is 1. The lowest BCUT2D eigenvalue weighted by atomic mass is 10.1. The Labute approximate surface area is 59.2 Å². The first-order valence-electron chi connectivity index (χ1n) is 3.56. The van der Waals surface area contributed by atoms with Crippen molar-refractivity contribution in [1.29, 1.82) is 0 Å². The zero-order chi connectivity index (χ0) is 6.55. The molecule has 2 N–H and O–H groups in total. The Hall–Kier alpha value is -0.860. The van der Waals surface area contributed by atoms with E-state index in [9.17, 15) is 0 Å². The molecule has 0 aliphatic carbocycles. The van der Waals surface area contributed by atoms with E-state index in [-0.39, 0.29) is 0 Å². The van der Waals surface area contributed by atoms with Gasteiger partial charge in [0.2, 0.25) is 0 Å². The number of rotatable bonds is 0. The molecule has 1 aromatic carbocycles. The summed E-state index contributed by atoms with van der Waals surface area (Å²) in [6.45, 7) is 0. The maximum absolute atomic E-state index is 3.37. The van der Waals surface area contributed by atoms with Crippen LogP contribution in [0.1, 0.15) is 23.5 Å². The SMILES string of the molecule is c1ccc2c(c1)C1NC2N1. The van der Waals surface area contributed by atoms with E-state index in [1.54, 1.807) is 0 Å². The van der Waals surface area contributed by atoms with E-state index in [2.05, 4.69) is 34.9 Å². The Kier molecular flexibility index (Phi) is 0.689. The monoisotopic (exact) mass is 132 g/mol. The molecule has 1 saturated heterocycles. The van der Waals surface area contributed by atoms with Gasteiger partial charge in [-0.2, -0.15) is 0 Å². The van der Waals surface area contributed by atoms with Crippen LogP contribution < -0.4 is 10.6 Å². The molecule has 3 heterocycles. The molecule has 0 amide bonds. The number of hydrogen-bond donors (Lipinski definition) is 2. The largest absolute Gasteiger partial charge is 0.279 e. The van der Waals surface area contributed by atoms with Crippen molar-refractivity contribution in [1.82, 2.24) is 10.6 Å². The van der Waals surface area contributed by atoms with E-state index in [1.807, 2.05) is 0 Å². The van der Waals surface area contributed by atoms with Gasteiger partial charge in [-0.1, -0.05) is 24.3 Å². The fourth-order valence-electron chi connectivity index (χ4n) is 1.73. The van der Waals surface area contributed by atoms with E-state index in [0.717, 1.165) is 0 Å². The highest BCUT2D eigenvalue weighted by molar-refractivity contribution is 5.41. The third-order valence-electron chi connectivity index (χ3n) is 2.28. The molecule has 2 heteroatoms. The molecule has 0 aromatic heterocycles. The van der Waals surface area contributed by atoms with E-state index >= 15 is 0 Å². The summed E-state index contributed by atoms with van der Waals surface area (Å²) >= 11 is 0. The van der Waals surface area contributed by atoms with Crippen molar-refractivity contribution in [2.75, 3.05) is 0 Å². The summed E-state index contributed by atoms with van der Waals surface area (Å²) in [5.41, 5.74) is 2.85. The predicted molar refractivity (Wildman–Crippen MR) is 38.2 cm³/mol. The molecular weight excluding hydrogens is 124 g/mol. The van der Waals surface area contributed by atoms with Crippen molar-refractivity contribution in [2.45, 2.75) is 12.3 Å². The average Bonchev–Trinajstić information content (AvgIpc) is 2.36. The van der Waals surface area contributed by atoms with E-state index < -0.39 is 0 Å². The highest BCUT2D eigenvalue weighted by Gasteiger charge is 2.39. The van der Waals surface area contributed by atoms with Crippen molar-refractivity contribution in [2.24, 2.45) is 0 Å². The van der Waals surface area contributed by atoms with Gasteiger partial charge in [0.05, 0.1) is 12.3 Å². The van der Waals surface area contributed by atoms with Crippen LogP contribution in [0, 0.1) is 0 Å². The Morgan fingerprint density at radius 2 is 1.40 bits per heavy atom. The van der Waals surface area contributed by atoms with Crippen molar-refractivity contribution in [3.8, 4) is 0 Å². The minimum absolute atomic E-state index is 0.446. The maximum atomic E-state index is 3.37. The standard InChI is InChI=1S/C8H8N2/c1-2-4-6-5(3-1)7-9-8(6)10-7/h1-4,7-10H. The van der Waals surface area contributed by atoms with Gasteiger partial charge < -0.3 is 0 Å². The van der Waals surface area contributed by atoms with Crippen LogP contribution in [0.3, 0.4) is 0 Å². The van der Waals surface area contributed by atoms with Crippen molar-refractivity contribution in [3.05, 3.63) is 35.4 Å². The van der Waals surface area contributed by atoms with Crippen LogP contribution in [0.4, 0.5) is 0 Å². The quantitative estimate of drug-likeness (QED) is 0.547. The third-order valence-corrected chi connectivity index (χ3v) is 2.28. The summed E-state index contributed by atoms with van der Waals surface area (Å²) in [7, 11) is 0. The smallest absolute Gasteiger partial charge is 0.0868 e. The van der Waals surface area contributed by atoms with Crippen LogP contribution >= 0.6 is 0 Å². The highest BCUT2D eigenvalue weighted by atomic mass is 15.4. The molecule has 0 spiro atoms. The Morgan fingerprint density at radius 3 is 1.90 bits per heavy atom. The van der Waals surface area contributed by atoms with Gasteiger partial charge in [-0.3, -0.25) is 10.6 Å². The van der Waals surface area contributed by atoms with Crippen molar-refractivity contribution in [3.63, 3.8) is 0 Å². The van der Waals surface area contributed by atoms with Gasteiger partial charge in [-0.05, 0) is 11.1 Å². The molecule has 50 valence electrons. The zero-order valence-electron chi connectivity index (χ0n) is 5.46. The molecule has 1 aromatic rings. The van der Waals surface area contributed by atoms with Crippen LogP contribution in [-0.2, 0) is 0 Å². The molecule has 3 aliphatic heterocycles. The number of hydrogen-bond acceptors (Lipinski definition) is 2. The van der Waals surface area contributed by atoms with Gasteiger partial charge in [-0.15, -0.1) is 0 Å². The summed E-state index contributed by atoms with van der Waals surface area (Å²) in [5, 5.41) is 6.74. The first-order valence-corrected chi connectivity index (χ1v) is 3.56. The van der Waals surface area contributed by atoms with Crippen LogP contribution in [-0.4, -0.2) is 0 Å². The Balaban J connectivity index is 2.29. The second kappa shape index (κ2) is 1.41. The van der Waals surface area contributed by atoms with Gasteiger partial charge in [0.1, 0.15) is 0 Å². The molecule has 0 atom stereocenters. The maximum Gasteiger partial charge on any atom is 0.0868 e. The molecule has 0 unspecified atom stereocenters. The first kappa shape index (κ1) is 4.88. The fourth-order valence-corrected chi connectivity index (χ4v) is 1.73. The van der Waals surface area contributed by atoms with Crippen LogP contribution in [0.5, 0.6) is 0 Å². The zero-order valence-corrected chi connectivity index (χ0v) is 5.46. The molecule has 10 heavy (non-hydrogen) atoms. The Bertz CT molecular complexity index is 249. The second-order valence-corrected chi connectivity index (χ2v) is 2.83. The molecule has 3 aliphatic rings. The van der Waals surface area contributed by atoms with E-state index in [4.69, 9.17) is 0 Å². The number of nitrogens with one attached hydrogen (secondary N) is 2. The van der Waals surface area contributed by atoms with Crippen LogP contribution in [0.25, 0.3) is 0 Å². The summed E-state index contributed by atoms with van der Waals surface area (Å²) < 4.78 is 0. The third kappa shape index (κ3) is 0.394. The second-order valence-electron chi connectivity index (χ2n) is 2.83. The molecule has 1 fully saturated rings. The predicted octanol–water partition coefficient (Wildman–Crippen LogP) is 0.890. The summed E-state index contributed by atoms with van der Waals surface area (Å²) in [4.78, 5) is 0. The summed E-state index contributed by atoms with van der Waals surface area (Å²) in [5.74, 6) is 0. The van der Waals surface area contributed by atoms with Crippen LogP contribution in [0.15, 0.2) is 24.3 Å². The van der Waals surface area contributed by atoms with Crippen molar-refractivity contribution < 1.29 is 0 Å². The first-order chi connectivity index (χ1) is 4.95. The van der Waals surface area contributed by atoms with Gasteiger partial charge in [-0.25, -0.2) is 0 Å². The lowest BCUT2D eigenvalue weighted by Gasteiger charge is -2.28. The Morgan fingerprint density at radius 1 is 0.900 bits per heavy atom. The fraction of sp³-hybridized carbons (Fsp3) is 0.250. The molecule has 2 bridgehead atoms. The van der Waals surface area contributed by atoms with Crippen molar-refractivity contribution >= 4 is 0 Å². The summed E-state index contributed by atoms with van der Waals surface area (Å²) in [6.07, 6.45) is 0.891. The van der Waals surface area contributed by atoms with E-state index in [1.165, 1.54) is 11.1 Å². The van der Waals surface area contributed by atoms with Gasteiger partial charge >= 0.3 is 0 Å². The molecule has 0 saturated carbocycles. The van der Waals surface area contributed by atoms with Gasteiger partial charge in [0, 0.05) is 0 Å². The average molecular weight is 132 g/mol. The molecule has 0 radical (unpaired) electrons. The van der Waals surface area contributed by atoms with Gasteiger partial charge in [0.25, 0.3) is 0 Å². The summed E-state index contributed by atoms with van der Waals surface area (Å²) in [6, 6.07) is 8.52. The van der Waals surface area contributed by atoms with Gasteiger partial charge in [0.15, 0.2) is 0 Å². The molecular formula is C8H8N2. The lowest BCUT2D eigenvalue weighted by molar-refractivity contribution is 0.248. The molecule has 2 nitrogen and oxygen atoms in total. The molecule has 4 rings (SSSR count).